The topological polar surface area (TPSA) is 59.4 Å². The van der Waals surface area contributed by atoms with E-state index < -0.39 is 5.60 Å². The number of benzene rings is 2. The van der Waals surface area contributed by atoms with E-state index in [1.165, 1.54) is 0 Å². The summed E-state index contributed by atoms with van der Waals surface area (Å²) in [5.74, 6) is 0. The molecule has 0 aliphatic carbocycles. The molecule has 0 aliphatic rings. The van der Waals surface area contributed by atoms with Crippen LogP contribution in [0.5, 0.6) is 0 Å². The number of fused-ring (bicyclic) bond motifs is 3. The maximum Gasteiger partial charge on any atom is 0.135 e. The van der Waals surface area contributed by atoms with Gasteiger partial charge in [-0.25, -0.2) is 0 Å². The minimum atomic E-state index is -0.975. The number of rotatable bonds is 1. The molecule has 0 spiro atoms. The van der Waals surface area contributed by atoms with Crippen LogP contribution in [0.4, 0.5) is 5.69 Å². The zero-order valence-electron chi connectivity index (χ0n) is 10.4. The molecule has 3 rings (SSSR count). The van der Waals surface area contributed by atoms with E-state index in [1.54, 1.807) is 13.8 Å². The fraction of sp³-hybridized carbons (Fsp3) is 0.200. The van der Waals surface area contributed by atoms with Gasteiger partial charge in [0.15, 0.2) is 0 Å². The molecule has 0 saturated carbocycles. The molecule has 92 valence electrons. The third-order valence-electron chi connectivity index (χ3n) is 3.21. The number of para-hydroxylation sites is 1. The Morgan fingerprint density at radius 1 is 1.06 bits per heavy atom. The van der Waals surface area contributed by atoms with E-state index in [0.717, 1.165) is 21.9 Å². The predicted octanol–water partition coefficient (Wildman–Crippen LogP) is 3.40. The van der Waals surface area contributed by atoms with Crippen LogP contribution in [0.1, 0.15) is 19.4 Å². The van der Waals surface area contributed by atoms with Crippen LogP contribution in [0.3, 0.4) is 0 Å². The van der Waals surface area contributed by atoms with Gasteiger partial charge >= 0.3 is 0 Å². The van der Waals surface area contributed by atoms with Crippen molar-refractivity contribution in [1.82, 2.24) is 0 Å². The molecule has 0 atom stereocenters. The van der Waals surface area contributed by atoms with Gasteiger partial charge in [0, 0.05) is 22.0 Å². The highest BCUT2D eigenvalue weighted by molar-refractivity contribution is 6.06. The fourth-order valence-corrected chi connectivity index (χ4v) is 2.32. The highest BCUT2D eigenvalue weighted by atomic mass is 16.3. The molecule has 18 heavy (non-hydrogen) atoms. The van der Waals surface area contributed by atoms with Crippen LogP contribution in [-0.4, -0.2) is 5.11 Å². The van der Waals surface area contributed by atoms with Crippen LogP contribution >= 0.6 is 0 Å². The van der Waals surface area contributed by atoms with Gasteiger partial charge in [0.1, 0.15) is 11.2 Å². The second-order valence-corrected chi connectivity index (χ2v) is 5.09. The second kappa shape index (κ2) is 3.50. The Morgan fingerprint density at radius 2 is 1.78 bits per heavy atom. The molecular weight excluding hydrogens is 226 g/mol. The molecule has 1 heterocycles. The summed E-state index contributed by atoms with van der Waals surface area (Å²) >= 11 is 0. The van der Waals surface area contributed by atoms with Crippen molar-refractivity contribution in [3.8, 4) is 0 Å². The molecular formula is C15H15NO2. The first-order chi connectivity index (χ1) is 8.47. The van der Waals surface area contributed by atoms with Crippen molar-refractivity contribution in [2.45, 2.75) is 19.4 Å². The lowest BCUT2D eigenvalue weighted by Gasteiger charge is -2.19. The summed E-state index contributed by atoms with van der Waals surface area (Å²) in [6.45, 7) is 3.43. The molecule has 3 aromatic rings. The minimum Gasteiger partial charge on any atom is -0.456 e. The summed E-state index contributed by atoms with van der Waals surface area (Å²) in [7, 11) is 0. The third-order valence-corrected chi connectivity index (χ3v) is 3.21. The van der Waals surface area contributed by atoms with E-state index >= 15 is 0 Å². The highest BCUT2D eigenvalue weighted by Gasteiger charge is 2.21. The summed E-state index contributed by atoms with van der Waals surface area (Å²) in [5, 5.41) is 12.1. The summed E-state index contributed by atoms with van der Waals surface area (Å²) in [6, 6.07) is 11.5. The first-order valence-corrected chi connectivity index (χ1v) is 5.90. The van der Waals surface area contributed by atoms with Crippen molar-refractivity contribution in [2.75, 3.05) is 5.73 Å². The van der Waals surface area contributed by atoms with Crippen molar-refractivity contribution in [1.29, 1.82) is 0 Å². The van der Waals surface area contributed by atoms with Crippen molar-refractivity contribution >= 4 is 27.6 Å². The van der Waals surface area contributed by atoms with Crippen molar-refractivity contribution in [3.05, 3.63) is 42.0 Å². The molecule has 3 N–H and O–H groups in total. The summed E-state index contributed by atoms with van der Waals surface area (Å²) in [6.07, 6.45) is 0. The van der Waals surface area contributed by atoms with Gasteiger partial charge in [-0.1, -0.05) is 18.2 Å². The molecule has 3 heteroatoms. The predicted molar refractivity (Wildman–Crippen MR) is 73.4 cm³/mol. The van der Waals surface area contributed by atoms with E-state index in [-0.39, 0.29) is 0 Å². The number of aliphatic hydroxyl groups is 1. The van der Waals surface area contributed by atoms with Crippen LogP contribution < -0.4 is 5.73 Å². The molecule has 3 nitrogen and oxygen atoms in total. The summed E-state index contributed by atoms with van der Waals surface area (Å²) in [4.78, 5) is 0. The molecule has 1 aromatic heterocycles. The van der Waals surface area contributed by atoms with Crippen LogP contribution in [-0.2, 0) is 5.60 Å². The lowest BCUT2D eigenvalue weighted by molar-refractivity contribution is 0.0794. The first-order valence-electron chi connectivity index (χ1n) is 5.90. The molecule has 0 bridgehead atoms. The van der Waals surface area contributed by atoms with E-state index in [2.05, 4.69) is 0 Å². The van der Waals surface area contributed by atoms with Gasteiger partial charge in [-0.15, -0.1) is 0 Å². The third kappa shape index (κ3) is 1.56. The molecule has 0 aliphatic heterocycles. The van der Waals surface area contributed by atoms with Gasteiger partial charge < -0.3 is 15.3 Å². The van der Waals surface area contributed by atoms with Gasteiger partial charge in [0.05, 0.1) is 5.60 Å². The quantitative estimate of drug-likeness (QED) is 0.642. The zero-order chi connectivity index (χ0) is 12.9. The number of nitrogens with two attached hydrogens (primary N) is 1. The minimum absolute atomic E-state index is 0.585. The van der Waals surface area contributed by atoms with Crippen molar-refractivity contribution in [2.24, 2.45) is 0 Å². The number of furan rings is 1. The Hall–Kier alpha value is -2.00. The van der Waals surface area contributed by atoms with Gasteiger partial charge in [-0.05, 0) is 32.0 Å². The smallest absolute Gasteiger partial charge is 0.135 e. The highest BCUT2D eigenvalue weighted by Crippen LogP contribution is 2.35. The summed E-state index contributed by atoms with van der Waals surface area (Å²) in [5.41, 5.74) is 7.91. The summed E-state index contributed by atoms with van der Waals surface area (Å²) < 4.78 is 5.78. The molecule has 0 amide bonds. The van der Waals surface area contributed by atoms with E-state index in [4.69, 9.17) is 10.2 Å². The molecule has 0 saturated heterocycles. The van der Waals surface area contributed by atoms with Gasteiger partial charge in [-0.3, -0.25) is 0 Å². The van der Waals surface area contributed by atoms with Crippen molar-refractivity contribution < 1.29 is 9.52 Å². The largest absolute Gasteiger partial charge is 0.456 e. The average molecular weight is 241 g/mol. The van der Waals surface area contributed by atoms with Crippen LogP contribution in [0.2, 0.25) is 0 Å². The number of nitrogen functional groups attached to an aromatic ring is 1. The lowest BCUT2D eigenvalue weighted by Crippen LogP contribution is -2.17. The van der Waals surface area contributed by atoms with E-state index in [1.807, 2.05) is 36.4 Å². The first kappa shape index (κ1) is 11.1. The maximum atomic E-state index is 10.1. The number of hydrogen-bond acceptors (Lipinski definition) is 3. The Kier molecular flexibility index (Phi) is 2.16. The zero-order valence-corrected chi connectivity index (χ0v) is 10.4. The molecule has 2 aromatic carbocycles. The van der Waals surface area contributed by atoms with Gasteiger partial charge in [-0.2, -0.15) is 0 Å². The Morgan fingerprint density at radius 3 is 2.50 bits per heavy atom. The molecule has 0 unspecified atom stereocenters. The van der Waals surface area contributed by atoms with Gasteiger partial charge in [0.25, 0.3) is 0 Å². The fourth-order valence-electron chi connectivity index (χ4n) is 2.32. The van der Waals surface area contributed by atoms with Gasteiger partial charge in [0.2, 0.25) is 0 Å². The van der Waals surface area contributed by atoms with Crippen LogP contribution in [0, 0.1) is 0 Å². The number of anilines is 1. The monoisotopic (exact) mass is 241 g/mol. The maximum absolute atomic E-state index is 10.1. The number of hydrogen-bond donors (Lipinski definition) is 2. The SMILES string of the molecule is CC(C)(O)c1cc2oc3ccccc3c2cc1N. The standard InChI is InChI=1S/C15H15NO2/c1-15(2,17)11-8-14-10(7-12(11)16)9-5-3-4-6-13(9)18-14/h3-8,17H,16H2,1-2H3. The second-order valence-electron chi connectivity index (χ2n) is 5.09. The van der Waals surface area contributed by atoms with Crippen LogP contribution in [0.15, 0.2) is 40.8 Å². The van der Waals surface area contributed by atoms with E-state index in [9.17, 15) is 5.11 Å². The lowest BCUT2D eigenvalue weighted by atomic mass is 9.95. The average Bonchev–Trinajstić information content (AvgIpc) is 2.65. The van der Waals surface area contributed by atoms with Crippen molar-refractivity contribution in [3.63, 3.8) is 0 Å². The Balaban J connectivity index is 2.40. The Bertz CT molecular complexity index is 735. The van der Waals surface area contributed by atoms with E-state index in [0.29, 0.717) is 11.3 Å². The molecule has 0 fully saturated rings. The Labute approximate surface area is 105 Å². The molecule has 0 radical (unpaired) electrons. The normalized spacial score (nSPS) is 12.4. The van der Waals surface area contributed by atoms with Crippen LogP contribution in [0.25, 0.3) is 21.9 Å².